The highest BCUT2D eigenvalue weighted by Crippen LogP contribution is 2.30. The number of nitrogens with zero attached hydrogens (tertiary/aromatic N) is 1. The summed E-state index contributed by atoms with van der Waals surface area (Å²) >= 11 is 0. The third-order valence-corrected chi connectivity index (χ3v) is 3.48. The zero-order valence-electron chi connectivity index (χ0n) is 12.9. The second-order valence-corrected chi connectivity index (χ2v) is 6.40. The number of carbonyl (C=O) groups excluding carboxylic acids is 1. The van der Waals surface area contributed by atoms with Gasteiger partial charge in [0.05, 0.1) is 21.3 Å². The molecule has 0 aliphatic carbocycles. The number of rotatable bonds is 3. The van der Waals surface area contributed by atoms with Crippen molar-refractivity contribution in [3.05, 3.63) is 0 Å². The van der Waals surface area contributed by atoms with E-state index in [-0.39, 0.29) is 6.09 Å². The molecular formula is C13H24B2N2O3. The van der Waals surface area contributed by atoms with Crippen LogP contribution < -0.4 is 5.32 Å². The van der Waals surface area contributed by atoms with Crippen LogP contribution in [-0.2, 0) is 4.74 Å². The van der Waals surface area contributed by atoms with Gasteiger partial charge in [0.15, 0.2) is 0 Å². The summed E-state index contributed by atoms with van der Waals surface area (Å²) in [6, 6.07) is 0. The molecule has 20 heavy (non-hydrogen) atoms. The van der Waals surface area contributed by atoms with Crippen LogP contribution in [0.15, 0.2) is 0 Å². The maximum Gasteiger partial charge on any atom is 0.410 e. The summed E-state index contributed by atoms with van der Waals surface area (Å²) in [4.78, 5) is 13.5. The van der Waals surface area contributed by atoms with Gasteiger partial charge in [0.1, 0.15) is 5.60 Å². The summed E-state index contributed by atoms with van der Waals surface area (Å²) in [6.07, 6.45) is 0.251. The average Bonchev–Trinajstić information content (AvgIpc) is 2.27. The average molecular weight is 278 g/mol. The Bertz CT molecular complexity index is 348. The predicted molar refractivity (Wildman–Crippen MR) is 79.9 cm³/mol. The molecule has 1 heterocycles. The third-order valence-electron chi connectivity index (χ3n) is 3.48. The lowest BCUT2D eigenvalue weighted by Crippen LogP contribution is -2.67. The lowest BCUT2D eigenvalue weighted by Gasteiger charge is -2.49. The van der Waals surface area contributed by atoms with Gasteiger partial charge in [-0.05, 0) is 45.5 Å². The fraction of sp³-hybridized carbons (Fsp3) is 0.923. The van der Waals surface area contributed by atoms with Crippen LogP contribution in [-0.4, -0.2) is 68.0 Å². The Kier molecular flexibility index (Phi) is 5.19. The van der Waals surface area contributed by atoms with Crippen molar-refractivity contribution in [2.75, 3.05) is 19.6 Å². The monoisotopic (exact) mass is 278 g/mol. The molecule has 1 rings (SSSR count). The Labute approximate surface area is 124 Å². The summed E-state index contributed by atoms with van der Waals surface area (Å²) < 4.78 is 5.31. The molecule has 110 valence electrons. The van der Waals surface area contributed by atoms with Gasteiger partial charge in [0, 0.05) is 13.1 Å². The normalized spacial score (nSPS) is 19.8. The molecule has 1 aliphatic rings. The minimum Gasteiger partial charge on any atom is -0.444 e. The van der Waals surface area contributed by atoms with Gasteiger partial charge in [-0.1, -0.05) is 6.92 Å². The van der Waals surface area contributed by atoms with Gasteiger partial charge < -0.3 is 20.1 Å². The van der Waals surface area contributed by atoms with E-state index >= 15 is 0 Å². The second-order valence-electron chi connectivity index (χ2n) is 6.40. The highest BCUT2D eigenvalue weighted by atomic mass is 16.6. The van der Waals surface area contributed by atoms with Crippen molar-refractivity contribution >= 4 is 21.8 Å². The van der Waals surface area contributed by atoms with Crippen molar-refractivity contribution in [2.24, 2.45) is 0 Å². The Hall–Kier alpha value is -0.680. The number of aliphatic hydroxyl groups is 1. The predicted octanol–water partition coefficient (Wildman–Crippen LogP) is 0.349. The molecule has 0 atom stereocenters. The number of hydrogen-bond acceptors (Lipinski definition) is 4. The highest BCUT2D eigenvalue weighted by molar-refractivity contribution is 6.41. The van der Waals surface area contributed by atoms with E-state index in [4.69, 9.17) is 20.4 Å². The molecule has 2 N–H and O–H groups in total. The van der Waals surface area contributed by atoms with Gasteiger partial charge in [-0.3, -0.25) is 0 Å². The van der Waals surface area contributed by atoms with Crippen molar-refractivity contribution in [3.63, 3.8) is 0 Å². The fourth-order valence-corrected chi connectivity index (χ4v) is 2.26. The Morgan fingerprint density at radius 1 is 1.35 bits per heavy atom. The summed E-state index contributed by atoms with van der Waals surface area (Å²) in [5.41, 5.74) is -1.76. The van der Waals surface area contributed by atoms with Gasteiger partial charge in [0.2, 0.25) is 0 Å². The van der Waals surface area contributed by atoms with Crippen LogP contribution in [0, 0.1) is 0 Å². The molecule has 7 heteroatoms. The maximum absolute atomic E-state index is 11.9. The van der Waals surface area contributed by atoms with Crippen LogP contribution in [0.25, 0.3) is 0 Å². The first-order valence-corrected chi connectivity index (χ1v) is 7.04. The molecule has 0 saturated carbocycles. The number of likely N-dealkylation sites (tertiary alicyclic amines) is 1. The molecular weight excluding hydrogens is 254 g/mol. The quantitative estimate of drug-likeness (QED) is 0.731. The molecule has 0 aromatic carbocycles. The smallest absolute Gasteiger partial charge is 0.410 e. The molecule has 5 nitrogen and oxygen atoms in total. The van der Waals surface area contributed by atoms with E-state index in [0.29, 0.717) is 32.5 Å². The van der Waals surface area contributed by atoms with Crippen molar-refractivity contribution in [3.8, 4) is 0 Å². The highest BCUT2D eigenvalue weighted by Gasteiger charge is 2.44. The zero-order chi connectivity index (χ0) is 15.6. The van der Waals surface area contributed by atoms with Crippen LogP contribution in [0.2, 0.25) is 0 Å². The maximum atomic E-state index is 11.9. The van der Waals surface area contributed by atoms with Crippen molar-refractivity contribution in [2.45, 2.75) is 57.1 Å². The van der Waals surface area contributed by atoms with Crippen LogP contribution in [0.1, 0.15) is 40.5 Å². The zero-order valence-corrected chi connectivity index (χ0v) is 12.9. The second kappa shape index (κ2) is 5.98. The minimum absolute atomic E-state index is 0.312. The standard InChI is InChI=1S/C13H24B2N2O3/c1-5-16-13(14,15)12(19)6-8-17(9-7-12)10(18)20-11(2,3)4/h16,19H,5-9H2,1-4H3. The molecule has 1 aliphatic heterocycles. The van der Waals surface area contributed by atoms with Crippen LogP contribution in [0.3, 0.4) is 0 Å². The van der Waals surface area contributed by atoms with Crippen molar-refractivity contribution in [1.82, 2.24) is 10.2 Å². The molecule has 0 aromatic heterocycles. The molecule has 1 amide bonds. The van der Waals surface area contributed by atoms with Gasteiger partial charge in [0.25, 0.3) is 0 Å². The van der Waals surface area contributed by atoms with Gasteiger partial charge in [-0.15, -0.1) is 0 Å². The van der Waals surface area contributed by atoms with Crippen LogP contribution in [0.5, 0.6) is 0 Å². The topological polar surface area (TPSA) is 61.8 Å². The van der Waals surface area contributed by atoms with Crippen molar-refractivity contribution < 1.29 is 14.6 Å². The first-order chi connectivity index (χ1) is 9.01. The lowest BCUT2D eigenvalue weighted by atomic mass is 9.50. The SMILES string of the molecule is [B]C([B])(NCC)C1(O)CCN(C(=O)OC(C)(C)C)CC1. The van der Waals surface area contributed by atoms with Gasteiger partial charge >= 0.3 is 6.09 Å². The van der Waals surface area contributed by atoms with Crippen LogP contribution in [0.4, 0.5) is 4.79 Å². The number of likely N-dealkylation sites (N-methyl/N-ethyl adjacent to an activating group) is 1. The molecule has 0 aromatic rings. The van der Waals surface area contributed by atoms with Crippen LogP contribution >= 0.6 is 0 Å². The number of ether oxygens (including phenoxy) is 1. The number of hydrogen-bond donors (Lipinski definition) is 2. The molecule has 0 spiro atoms. The molecule has 0 bridgehead atoms. The first-order valence-electron chi connectivity index (χ1n) is 7.04. The summed E-state index contributed by atoms with van der Waals surface area (Å²) in [5, 5.41) is 12.1. The summed E-state index contributed by atoms with van der Waals surface area (Å²) in [7, 11) is 11.9. The van der Waals surface area contributed by atoms with E-state index < -0.39 is 16.5 Å². The fourth-order valence-electron chi connectivity index (χ4n) is 2.26. The van der Waals surface area contributed by atoms with E-state index in [9.17, 15) is 9.90 Å². The summed E-state index contributed by atoms with van der Waals surface area (Å²) in [5.74, 6) is 0. The third kappa shape index (κ3) is 4.16. The first kappa shape index (κ1) is 17.4. The van der Waals surface area contributed by atoms with E-state index in [1.165, 1.54) is 0 Å². The Balaban J connectivity index is 2.61. The molecule has 1 fully saturated rings. The number of nitrogens with one attached hydrogen (secondary N) is 1. The Morgan fingerprint density at radius 3 is 2.25 bits per heavy atom. The minimum atomic E-state index is -1.36. The number of carbonyl (C=O) groups is 1. The molecule has 1 saturated heterocycles. The van der Waals surface area contributed by atoms with Gasteiger partial charge in [-0.25, -0.2) is 4.79 Å². The lowest BCUT2D eigenvalue weighted by molar-refractivity contribution is -0.0475. The summed E-state index contributed by atoms with van der Waals surface area (Å²) in [6.45, 7) is 8.63. The van der Waals surface area contributed by atoms with Crippen molar-refractivity contribution in [1.29, 1.82) is 0 Å². The van der Waals surface area contributed by atoms with E-state index in [0.717, 1.165) is 0 Å². The largest absolute Gasteiger partial charge is 0.444 e. The number of piperidine rings is 1. The molecule has 0 unspecified atom stereocenters. The van der Waals surface area contributed by atoms with E-state index in [1.807, 2.05) is 27.7 Å². The van der Waals surface area contributed by atoms with E-state index in [2.05, 4.69) is 5.32 Å². The Morgan fingerprint density at radius 2 is 1.85 bits per heavy atom. The molecule has 4 radical (unpaired) electrons. The van der Waals surface area contributed by atoms with E-state index in [1.54, 1.807) is 4.90 Å². The number of amides is 1. The van der Waals surface area contributed by atoms with Gasteiger partial charge in [-0.2, -0.15) is 0 Å².